The van der Waals surface area contributed by atoms with Crippen molar-refractivity contribution in [2.75, 3.05) is 6.61 Å². The monoisotopic (exact) mass is 365 g/mol. The maximum atomic E-state index is 12.2. The number of Topliss-reactive ketones (excluding diaryl/α,β-unsaturated/α-hetero) is 1. The first-order valence-corrected chi connectivity index (χ1v) is 9.15. The number of hydrogen-bond acceptors (Lipinski definition) is 4. The molecule has 0 unspecified atom stereocenters. The standard InChI is InChI=1S/C22H23NO4/c1-15(24)20(12-16-6-3-2-4-7-16)23-21(25)14-27-22(26)19-11-10-17-8-5-9-18(17)13-19/h2-4,6-7,10-11,13,20H,5,8-9,12,14H2,1H3,(H,23,25)/t20-/m1/s1. The first kappa shape index (κ1) is 18.8. The minimum atomic E-state index is -0.640. The number of benzene rings is 2. The van der Waals surface area contributed by atoms with Crippen LogP contribution in [0.15, 0.2) is 48.5 Å². The number of fused-ring (bicyclic) bond motifs is 1. The average Bonchev–Trinajstić information content (AvgIpc) is 3.14. The van der Waals surface area contributed by atoms with Gasteiger partial charge in [0.15, 0.2) is 12.4 Å². The van der Waals surface area contributed by atoms with Crippen molar-refractivity contribution in [3.8, 4) is 0 Å². The molecule has 0 bridgehead atoms. The minimum Gasteiger partial charge on any atom is -0.452 e. The fourth-order valence-electron chi connectivity index (χ4n) is 3.30. The SMILES string of the molecule is CC(=O)[C@@H](Cc1ccccc1)NC(=O)COC(=O)c1ccc2c(c1)CCC2. The van der Waals surface area contributed by atoms with Crippen LogP contribution < -0.4 is 5.32 Å². The summed E-state index contributed by atoms with van der Waals surface area (Å²) < 4.78 is 5.12. The van der Waals surface area contributed by atoms with E-state index in [1.807, 2.05) is 42.5 Å². The van der Waals surface area contributed by atoms with Crippen LogP contribution in [0, 0.1) is 0 Å². The Kier molecular flexibility index (Phi) is 6.01. The van der Waals surface area contributed by atoms with Crippen LogP contribution in [0.1, 0.15) is 40.4 Å². The van der Waals surface area contributed by atoms with Crippen LogP contribution in [-0.2, 0) is 33.6 Å². The van der Waals surface area contributed by atoms with Gasteiger partial charge >= 0.3 is 5.97 Å². The Hall–Kier alpha value is -2.95. The Morgan fingerprint density at radius 1 is 1.04 bits per heavy atom. The largest absolute Gasteiger partial charge is 0.452 e. The zero-order chi connectivity index (χ0) is 19.2. The smallest absolute Gasteiger partial charge is 0.338 e. The van der Waals surface area contributed by atoms with Crippen LogP contribution in [0.5, 0.6) is 0 Å². The fraction of sp³-hybridized carbons (Fsp3) is 0.318. The maximum absolute atomic E-state index is 12.2. The molecule has 0 aliphatic heterocycles. The van der Waals surface area contributed by atoms with Crippen LogP contribution in [0.3, 0.4) is 0 Å². The Bertz CT molecular complexity index is 845. The molecule has 0 fully saturated rings. The average molecular weight is 365 g/mol. The molecule has 1 aliphatic carbocycles. The minimum absolute atomic E-state index is 0.142. The molecule has 1 N–H and O–H groups in total. The summed E-state index contributed by atoms with van der Waals surface area (Å²) in [5.74, 6) is -1.15. The molecule has 0 heterocycles. The second-order valence-electron chi connectivity index (χ2n) is 6.83. The van der Waals surface area contributed by atoms with E-state index in [0.717, 1.165) is 24.8 Å². The number of rotatable bonds is 7. The second-order valence-corrected chi connectivity index (χ2v) is 6.83. The summed E-state index contributed by atoms with van der Waals surface area (Å²) in [6.07, 6.45) is 3.52. The molecule has 0 aromatic heterocycles. The topological polar surface area (TPSA) is 72.5 Å². The van der Waals surface area contributed by atoms with Crippen molar-refractivity contribution in [2.45, 2.75) is 38.6 Å². The molecule has 27 heavy (non-hydrogen) atoms. The molecule has 140 valence electrons. The van der Waals surface area contributed by atoms with Crippen molar-refractivity contribution < 1.29 is 19.1 Å². The lowest BCUT2D eigenvalue weighted by molar-refractivity contribution is -0.128. The van der Waals surface area contributed by atoms with E-state index < -0.39 is 24.5 Å². The van der Waals surface area contributed by atoms with Gasteiger partial charge in [-0.1, -0.05) is 36.4 Å². The third kappa shape index (κ3) is 5.03. The molecule has 2 aromatic carbocycles. The van der Waals surface area contributed by atoms with Crippen molar-refractivity contribution >= 4 is 17.7 Å². The summed E-state index contributed by atoms with van der Waals surface area (Å²) in [7, 11) is 0. The predicted octanol–water partition coefficient (Wildman–Crippen LogP) is 2.65. The second kappa shape index (κ2) is 8.62. The molecule has 5 nitrogen and oxygen atoms in total. The number of aryl methyl sites for hydroxylation is 2. The van der Waals surface area contributed by atoms with Crippen LogP contribution in [0.4, 0.5) is 0 Å². The highest BCUT2D eigenvalue weighted by molar-refractivity contribution is 5.93. The molecule has 0 saturated carbocycles. The maximum Gasteiger partial charge on any atom is 0.338 e. The summed E-state index contributed by atoms with van der Waals surface area (Å²) >= 11 is 0. The Morgan fingerprint density at radius 3 is 2.52 bits per heavy atom. The summed E-state index contributed by atoms with van der Waals surface area (Å²) in [5.41, 5.74) is 3.85. The van der Waals surface area contributed by atoms with Gasteiger partial charge < -0.3 is 10.1 Å². The lowest BCUT2D eigenvalue weighted by Crippen LogP contribution is -2.43. The number of hydrogen-bond donors (Lipinski definition) is 1. The van der Waals surface area contributed by atoms with Crippen LogP contribution in [0.25, 0.3) is 0 Å². The van der Waals surface area contributed by atoms with Crippen LogP contribution >= 0.6 is 0 Å². The van der Waals surface area contributed by atoms with E-state index in [0.29, 0.717) is 12.0 Å². The quantitative estimate of drug-likeness (QED) is 0.766. The molecular formula is C22H23NO4. The van der Waals surface area contributed by atoms with Crippen molar-refractivity contribution in [1.82, 2.24) is 5.32 Å². The normalized spacial score (nSPS) is 13.5. The van der Waals surface area contributed by atoms with Crippen molar-refractivity contribution in [2.24, 2.45) is 0 Å². The van der Waals surface area contributed by atoms with E-state index in [2.05, 4.69) is 5.32 Å². The highest BCUT2D eigenvalue weighted by Gasteiger charge is 2.19. The fourth-order valence-corrected chi connectivity index (χ4v) is 3.30. The highest BCUT2D eigenvalue weighted by Crippen LogP contribution is 2.23. The zero-order valence-electron chi connectivity index (χ0n) is 15.4. The van der Waals surface area contributed by atoms with Crippen LogP contribution in [-0.4, -0.2) is 30.3 Å². The van der Waals surface area contributed by atoms with Gasteiger partial charge in [0.25, 0.3) is 5.91 Å². The Balaban J connectivity index is 1.53. The molecule has 5 heteroatoms. The lowest BCUT2D eigenvalue weighted by atomic mass is 10.0. The third-order valence-electron chi connectivity index (χ3n) is 4.78. The molecule has 0 radical (unpaired) electrons. The van der Waals surface area contributed by atoms with E-state index in [1.165, 1.54) is 18.1 Å². The predicted molar refractivity (Wildman–Crippen MR) is 102 cm³/mol. The summed E-state index contributed by atoms with van der Waals surface area (Å²) in [6.45, 7) is 1.03. The van der Waals surface area contributed by atoms with Gasteiger partial charge in [0.2, 0.25) is 0 Å². The molecule has 2 aromatic rings. The number of esters is 1. The number of ketones is 1. The van der Waals surface area contributed by atoms with E-state index in [4.69, 9.17) is 4.74 Å². The third-order valence-corrected chi connectivity index (χ3v) is 4.78. The van der Waals surface area contributed by atoms with Gasteiger partial charge in [-0.3, -0.25) is 9.59 Å². The Morgan fingerprint density at radius 2 is 1.78 bits per heavy atom. The summed E-state index contributed by atoms with van der Waals surface area (Å²) in [4.78, 5) is 36.2. The van der Waals surface area contributed by atoms with Crippen LogP contribution in [0.2, 0.25) is 0 Å². The summed E-state index contributed by atoms with van der Waals surface area (Å²) in [6, 6.07) is 14.3. The first-order valence-electron chi connectivity index (χ1n) is 9.15. The van der Waals surface area contributed by atoms with E-state index in [1.54, 1.807) is 6.07 Å². The number of carbonyl (C=O) groups excluding carboxylic acids is 3. The van der Waals surface area contributed by atoms with E-state index in [-0.39, 0.29) is 5.78 Å². The number of amides is 1. The van der Waals surface area contributed by atoms with Gasteiger partial charge in [0, 0.05) is 0 Å². The molecule has 1 aliphatic rings. The zero-order valence-corrected chi connectivity index (χ0v) is 15.4. The lowest BCUT2D eigenvalue weighted by Gasteiger charge is -2.16. The molecule has 0 spiro atoms. The van der Waals surface area contributed by atoms with Crippen molar-refractivity contribution in [3.05, 3.63) is 70.8 Å². The molecule has 3 rings (SSSR count). The number of ether oxygens (including phenoxy) is 1. The molecular weight excluding hydrogens is 342 g/mol. The van der Waals surface area contributed by atoms with E-state index in [9.17, 15) is 14.4 Å². The van der Waals surface area contributed by atoms with Gasteiger partial charge in [-0.25, -0.2) is 4.79 Å². The van der Waals surface area contributed by atoms with E-state index >= 15 is 0 Å². The van der Waals surface area contributed by atoms with Gasteiger partial charge in [-0.15, -0.1) is 0 Å². The number of carbonyl (C=O) groups is 3. The first-order chi connectivity index (χ1) is 13.0. The van der Waals surface area contributed by atoms with Gasteiger partial charge in [0.05, 0.1) is 11.6 Å². The van der Waals surface area contributed by atoms with Gasteiger partial charge in [0.1, 0.15) is 0 Å². The summed E-state index contributed by atoms with van der Waals surface area (Å²) in [5, 5.41) is 2.65. The van der Waals surface area contributed by atoms with Crippen molar-refractivity contribution in [3.63, 3.8) is 0 Å². The van der Waals surface area contributed by atoms with Gasteiger partial charge in [-0.05, 0) is 61.4 Å². The van der Waals surface area contributed by atoms with Crippen molar-refractivity contribution in [1.29, 1.82) is 0 Å². The molecule has 1 atom stereocenters. The molecule has 0 saturated heterocycles. The molecule has 1 amide bonds. The van der Waals surface area contributed by atoms with Gasteiger partial charge in [-0.2, -0.15) is 0 Å². The highest BCUT2D eigenvalue weighted by atomic mass is 16.5. The number of nitrogens with one attached hydrogen (secondary N) is 1. The Labute approximate surface area is 158 Å².